The number of para-hydroxylation sites is 1. The lowest BCUT2D eigenvalue weighted by Gasteiger charge is -2.30. The molecule has 0 spiro atoms. The molecule has 1 aliphatic carbocycles. The van der Waals surface area contributed by atoms with Gasteiger partial charge in [0.05, 0.1) is 17.8 Å². The number of carbonyl (C=O) groups is 2. The van der Waals surface area contributed by atoms with Crippen LogP contribution in [-0.4, -0.2) is 42.4 Å². The third kappa shape index (κ3) is 5.05. The Morgan fingerprint density at radius 2 is 1.88 bits per heavy atom. The van der Waals surface area contributed by atoms with Gasteiger partial charge >= 0.3 is 0 Å². The average Bonchev–Trinajstić information content (AvgIpc) is 3.08. The zero-order valence-electron chi connectivity index (χ0n) is 15.1. The van der Waals surface area contributed by atoms with Crippen molar-refractivity contribution in [2.75, 3.05) is 25.0 Å². The third-order valence-corrected chi connectivity index (χ3v) is 5.24. The zero-order chi connectivity index (χ0) is 17.6. The van der Waals surface area contributed by atoms with Crippen molar-refractivity contribution >= 4 is 17.5 Å². The fourth-order valence-corrected chi connectivity index (χ4v) is 3.95. The monoisotopic (exact) mass is 343 g/mol. The lowest BCUT2D eigenvalue weighted by molar-refractivity contribution is -0.117. The van der Waals surface area contributed by atoms with Crippen LogP contribution in [0.2, 0.25) is 0 Å². The molecule has 136 valence electrons. The van der Waals surface area contributed by atoms with Crippen LogP contribution >= 0.6 is 0 Å². The van der Waals surface area contributed by atoms with Crippen molar-refractivity contribution in [2.45, 2.75) is 51.5 Å². The van der Waals surface area contributed by atoms with E-state index in [1.165, 1.54) is 19.3 Å². The largest absolute Gasteiger partial charge is 0.349 e. The molecule has 1 unspecified atom stereocenters. The molecule has 0 aromatic heterocycles. The maximum absolute atomic E-state index is 12.6. The highest BCUT2D eigenvalue weighted by molar-refractivity contribution is 6.04. The number of piperidine rings is 1. The molecule has 2 aliphatic rings. The molecule has 1 atom stereocenters. The Labute approximate surface area is 150 Å². The SMILES string of the molecule is CC1CCCN(CC(=O)Nc2ccccc2C(=O)NC2CCCC2)C1. The first-order chi connectivity index (χ1) is 12.1. The van der Waals surface area contributed by atoms with Crippen LogP contribution < -0.4 is 10.6 Å². The van der Waals surface area contributed by atoms with Gasteiger partial charge in [0.25, 0.3) is 5.91 Å². The second-order valence-electron chi connectivity index (χ2n) is 7.53. The minimum Gasteiger partial charge on any atom is -0.349 e. The van der Waals surface area contributed by atoms with Gasteiger partial charge in [0.1, 0.15) is 0 Å². The summed E-state index contributed by atoms with van der Waals surface area (Å²) in [7, 11) is 0. The van der Waals surface area contributed by atoms with E-state index in [1.54, 1.807) is 12.1 Å². The van der Waals surface area contributed by atoms with Crippen molar-refractivity contribution in [3.8, 4) is 0 Å². The molecule has 1 heterocycles. The summed E-state index contributed by atoms with van der Waals surface area (Å²) in [5.74, 6) is 0.510. The number of nitrogens with one attached hydrogen (secondary N) is 2. The van der Waals surface area contributed by atoms with Gasteiger partial charge in [-0.05, 0) is 50.3 Å². The van der Waals surface area contributed by atoms with Crippen molar-refractivity contribution < 1.29 is 9.59 Å². The van der Waals surface area contributed by atoms with Crippen molar-refractivity contribution in [2.24, 2.45) is 5.92 Å². The van der Waals surface area contributed by atoms with E-state index in [2.05, 4.69) is 22.5 Å². The molecular weight excluding hydrogens is 314 g/mol. The van der Waals surface area contributed by atoms with Crippen LogP contribution in [0.3, 0.4) is 0 Å². The molecule has 1 saturated carbocycles. The lowest BCUT2D eigenvalue weighted by atomic mass is 10.0. The number of hydrogen-bond donors (Lipinski definition) is 2. The molecule has 2 N–H and O–H groups in total. The lowest BCUT2D eigenvalue weighted by Crippen LogP contribution is -2.40. The Bertz CT molecular complexity index is 611. The maximum Gasteiger partial charge on any atom is 0.253 e. The quantitative estimate of drug-likeness (QED) is 0.864. The molecular formula is C20H29N3O2. The molecule has 25 heavy (non-hydrogen) atoms. The van der Waals surface area contributed by atoms with Crippen molar-refractivity contribution in [1.29, 1.82) is 0 Å². The molecule has 1 saturated heterocycles. The number of rotatable bonds is 5. The zero-order valence-corrected chi connectivity index (χ0v) is 15.1. The van der Waals surface area contributed by atoms with E-state index in [0.29, 0.717) is 23.7 Å². The second-order valence-corrected chi connectivity index (χ2v) is 7.53. The summed E-state index contributed by atoms with van der Waals surface area (Å²) >= 11 is 0. The van der Waals surface area contributed by atoms with Crippen molar-refractivity contribution in [3.05, 3.63) is 29.8 Å². The highest BCUT2D eigenvalue weighted by atomic mass is 16.2. The van der Waals surface area contributed by atoms with Crippen molar-refractivity contribution in [1.82, 2.24) is 10.2 Å². The summed E-state index contributed by atoms with van der Waals surface area (Å²) in [6, 6.07) is 7.55. The summed E-state index contributed by atoms with van der Waals surface area (Å²) in [6.07, 6.45) is 6.84. The molecule has 1 aromatic carbocycles. The molecule has 0 radical (unpaired) electrons. The smallest absolute Gasteiger partial charge is 0.253 e. The van der Waals surface area contributed by atoms with E-state index in [9.17, 15) is 9.59 Å². The fourth-order valence-electron chi connectivity index (χ4n) is 3.95. The van der Waals surface area contributed by atoms with Gasteiger partial charge in [0.2, 0.25) is 5.91 Å². The number of amides is 2. The van der Waals surface area contributed by atoms with E-state index < -0.39 is 0 Å². The minimum atomic E-state index is -0.0885. The Hall–Kier alpha value is -1.88. The van der Waals surface area contributed by atoms with Crippen LogP contribution in [0, 0.1) is 5.92 Å². The Balaban J connectivity index is 1.59. The maximum atomic E-state index is 12.6. The minimum absolute atomic E-state index is 0.0461. The Morgan fingerprint density at radius 1 is 1.12 bits per heavy atom. The normalized spacial score (nSPS) is 21.9. The predicted octanol–water partition coefficient (Wildman–Crippen LogP) is 3.03. The number of anilines is 1. The predicted molar refractivity (Wildman–Crippen MR) is 99.6 cm³/mol. The summed E-state index contributed by atoms with van der Waals surface area (Å²) < 4.78 is 0. The van der Waals surface area contributed by atoms with Gasteiger partial charge in [-0.3, -0.25) is 14.5 Å². The van der Waals surface area contributed by atoms with E-state index in [1.807, 2.05) is 12.1 Å². The van der Waals surface area contributed by atoms with E-state index in [0.717, 1.165) is 32.4 Å². The van der Waals surface area contributed by atoms with Crippen LogP contribution in [0.4, 0.5) is 5.69 Å². The van der Waals surface area contributed by atoms with Crippen LogP contribution in [0.5, 0.6) is 0 Å². The van der Waals surface area contributed by atoms with Crippen LogP contribution in [0.15, 0.2) is 24.3 Å². The molecule has 5 nitrogen and oxygen atoms in total. The third-order valence-electron chi connectivity index (χ3n) is 5.24. The van der Waals surface area contributed by atoms with Crippen LogP contribution in [-0.2, 0) is 4.79 Å². The molecule has 0 bridgehead atoms. The van der Waals surface area contributed by atoms with Gasteiger partial charge in [0, 0.05) is 12.6 Å². The van der Waals surface area contributed by atoms with E-state index in [4.69, 9.17) is 0 Å². The summed E-state index contributed by atoms with van der Waals surface area (Å²) in [4.78, 5) is 27.2. The standard InChI is InChI=1S/C20H29N3O2/c1-15-7-6-12-23(13-15)14-19(24)22-18-11-5-4-10-17(18)20(25)21-16-8-2-3-9-16/h4-5,10-11,15-16H,2-3,6-9,12-14H2,1H3,(H,21,25)(H,22,24). The highest BCUT2D eigenvalue weighted by Gasteiger charge is 2.21. The molecule has 5 heteroatoms. The fraction of sp³-hybridized carbons (Fsp3) is 0.600. The first-order valence-corrected chi connectivity index (χ1v) is 9.54. The van der Waals surface area contributed by atoms with Gasteiger partial charge in [-0.15, -0.1) is 0 Å². The van der Waals surface area contributed by atoms with Gasteiger partial charge < -0.3 is 10.6 Å². The molecule has 2 amide bonds. The molecule has 1 aliphatic heterocycles. The highest BCUT2D eigenvalue weighted by Crippen LogP contribution is 2.21. The first kappa shape index (κ1) is 17.9. The van der Waals surface area contributed by atoms with Gasteiger partial charge in [-0.2, -0.15) is 0 Å². The topological polar surface area (TPSA) is 61.4 Å². The van der Waals surface area contributed by atoms with E-state index in [-0.39, 0.29) is 17.9 Å². The van der Waals surface area contributed by atoms with Crippen LogP contribution in [0.1, 0.15) is 55.8 Å². The number of carbonyl (C=O) groups excluding carboxylic acids is 2. The molecule has 2 fully saturated rings. The number of likely N-dealkylation sites (tertiary alicyclic amines) is 1. The van der Waals surface area contributed by atoms with Gasteiger partial charge in [0.15, 0.2) is 0 Å². The van der Waals surface area contributed by atoms with Crippen molar-refractivity contribution in [3.63, 3.8) is 0 Å². The van der Waals surface area contributed by atoms with Gasteiger partial charge in [-0.25, -0.2) is 0 Å². The van der Waals surface area contributed by atoms with Crippen LogP contribution in [0.25, 0.3) is 0 Å². The number of hydrogen-bond acceptors (Lipinski definition) is 3. The summed E-state index contributed by atoms with van der Waals surface area (Å²) in [5, 5.41) is 6.03. The van der Waals surface area contributed by atoms with Gasteiger partial charge in [-0.1, -0.05) is 31.9 Å². The summed E-state index contributed by atoms with van der Waals surface area (Å²) in [6.45, 7) is 4.56. The summed E-state index contributed by atoms with van der Waals surface area (Å²) in [5.41, 5.74) is 1.16. The molecule has 3 rings (SSSR count). The van der Waals surface area contributed by atoms with E-state index >= 15 is 0 Å². The Morgan fingerprint density at radius 3 is 2.64 bits per heavy atom. The Kier molecular flexibility index (Phi) is 6.08. The number of benzene rings is 1. The molecule has 1 aromatic rings. The number of nitrogens with zero attached hydrogens (tertiary/aromatic N) is 1. The first-order valence-electron chi connectivity index (χ1n) is 9.54. The second kappa shape index (κ2) is 8.48. The average molecular weight is 343 g/mol.